The number of hydrogen-bond acceptors (Lipinski definition) is 3. The minimum Gasteiger partial charge on any atom is -0.390 e. The standard InChI is InChI=1S/C17H28N2O/c1-14-6-3-4-7-15(14)16(18)8-12-19-11-5-9-17(2,20)10-13-19/h3-4,6-7,16,20H,5,8-13,18H2,1-2H3. The maximum atomic E-state index is 10.1. The maximum absolute atomic E-state index is 10.1. The second-order valence-corrected chi connectivity index (χ2v) is 6.44. The topological polar surface area (TPSA) is 49.5 Å². The van der Waals surface area contributed by atoms with Gasteiger partial charge in [0.25, 0.3) is 0 Å². The lowest BCUT2D eigenvalue weighted by molar-refractivity contribution is 0.0446. The third kappa shape index (κ3) is 4.30. The van der Waals surface area contributed by atoms with Gasteiger partial charge in [-0.25, -0.2) is 0 Å². The zero-order chi connectivity index (χ0) is 14.6. The Balaban J connectivity index is 1.84. The number of nitrogens with two attached hydrogens (primary N) is 1. The van der Waals surface area contributed by atoms with Crippen LogP contribution in [0.2, 0.25) is 0 Å². The Kier molecular flexibility index (Phi) is 5.19. The number of nitrogens with zero attached hydrogens (tertiary/aromatic N) is 1. The molecule has 112 valence electrons. The van der Waals surface area contributed by atoms with E-state index in [0.29, 0.717) is 0 Å². The van der Waals surface area contributed by atoms with Crippen LogP contribution in [0.1, 0.15) is 49.8 Å². The van der Waals surface area contributed by atoms with E-state index in [-0.39, 0.29) is 6.04 Å². The van der Waals surface area contributed by atoms with Gasteiger partial charge in [-0.1, -0.05) is 24.3 Å². The van der Waals surface area contributed by atoms with E-state index in [1.54, 1.807) is 0 Å². The van der Waals surface area contributed by atoms with E-state index in [1.807, 2.05) is 6.92 Å². The van der Waals surface area contributed by atoms with Gasteiger partial charge in [-0.15, -0.1) is 0 Å². The quantitative estimate of drug-likeness (QED) is 0.889. The molecule has 1 aromatic rings. The van der Waals surface area contributed by atoms with Crippen molar-refractivity contribution < 1.29 is 5.11 Å². The lowest BCUT2D eigenvalue weighted by atomic mass is 9.98. The van der Waals surface area contributed by atoms with Crippen molar-refractivity contribution in [2.75, 3.05) is 19.6 Å². The summed E-state index contributed by atoms with van der Waals surface area (Å²) in [5, 5.41) is 10.1. The van der Waals surface area contributed by atoms with Crippen molar-refractivity contribution >= 4 is 0 Å². The number of rotatable bonds is 4. The third-order valence-electron chi connectivity index (χ3n) is 4.50. The first-order valence-electron chi connectivity index (χ1n) is 7.74. The van der Waals surface area contributed by atoms with Gasteiger partial charge in [0.15, 0.2) is 0 Å². The van der Waals surface area contributed by atoms with Gasteiger partial charge in [0.2, 0.25) is 0 Å². The number of hydrogen-bond donors (Lipinski definition) is 2. The van der Waals surface area contributed by atoms with Crippen LogP contribution in [0.15, 0.2) is 24.3 Å². The maximum Gasteiger partial charge on any atom is 0.0632 e. The van der Waals surface area contributed by atoms with E-state index >= 15 is 0 Å². The zero-order valence-corrected chi connectivity index (χ0v) is 12.8. The van der Waals surface area contributed by atoms with E-state index in [0.717, 1.165) is 45.3 Å². The Morgan fingerprint density at radius 1 is 1.30 bits per heavy atom. The largest absolute Gasteiger partial charge is 0.390 e. The van der Waals surface area contributed by atoms with Crippen LogP contribution in [0.3, 0.4) is 0 Å². The predicted octanol–water partition coefficient (Wildman–Crippen LogP) is 2.62. The normalized spacial score (nSPS) is 26.2. The SMILES string of the molecule is Cc1ccccc1C(N)CCN1CCCC(C)(O)CC1. The second-order valence-electron chi connectivity index (χ2n) is 6.44. The Morgan fingerprint density at radius 2 is 2.05 bits per heavy atom. The molecule has 1 fully saturated rings. The highest BCUT2D eigenvalue weighted by atomic mass is 16.3. The lowest BCUT2D eigenvalue weighted by Crippen LogP contribution is -2.30. The molecular weight excluding hydrogens is 248 g/mol. The average Bonchev–Trinajstić information content (AvgIpc) is 2.57. The summed E-state index contributed by atoms with van der Waals surface area (Å²) in [5.41, 5.74) is 8.39. The van der Waals surface area contributed by atoms with Crippen LogP contribution < -0.4 is 5.73 Å². The number of benzene rings is 1. The smallest absolute Gasteiger partial charge is 0.0632 e. The first-order chi connectivity index (χ1) is 9.48. The van der Waals surface area contributed by atoms with Crippen LogP contribution >= 0.6 is 0 Å². The van der Waals surface area contributed by atoms with Crippen LogP contribution in [0.25, 0.3) is 0 Å². The highest BCUT2D eigenvalue weighted by Crippen LogP contribution is 2.23. The molecule has 1 aliphatic heterocycles. The summed E-state index contributed by atoms with van der Waals surface area (Å²) < 4.78 is 0. The van der Waals surface area contributed by atoms with Crippen molar-refractivity contribution in [3.63, 3.8) is 0 Å². The molecular formula is C17H28N2O. The first-order valence-corrected chi connectivity index (χ1v) is 7.74. The molecule has 0 bridgehead atoms. The van der Waals surface area contributed by atoms with Gasteiger partial charge in [-0.05, 0) is 63.7 Å². The number of aryl methyl sites for hydroxylation is 1. The molecule has 3 heteroatoms. The van der Waals surface area contributed by atoms with E-state index in [9.17, 15) is 5.11 Å². The molecule has 0 aliphatic carbocycles. The van der Waals surface area contributed by atoms with Gasteiger partial charge in [-0.2, -0.15) is 0 Å². The molecule has 1 aromatic carbocycles. The summed E-state index contributed by atoms with van der Waals surface area (Å²) in [6.07, 6.45) is 3.83. The van der Waals surface area contributed by atoms with Gasteiger partial charge < -0.3 is 15.7 Å². The molecule has 0 amide bonds. The Morgan fingerprint density at radius 3 is 2.80 bits per heavy atom. The summed E-state index contributed by atoms with van der Waals surface area (Å²) in [5.74, 6) is 0. The molecule has 0 spiro atoms. The molecule has 3 nitrogen and oxygen atoms in total. The first kappa shape index (κ1) is 15.5. The minimum absolute atomic E-state index is 0.111. The molecule has 2 atom stereocenters. The molecule has 1 aliphatic rings. The molecule has 20 heavy (non-hydrogen) atoms. The van der Waals surface area contributed by atoms with Crippen molar-refractivity contribution in [1.29, 1.82) is 0 Å². The van der Waals surface area contributed by atoms with Crippen molar-refractivity contribution in [2.24, 2.45) is 5.73 Å². The molecule has 3 N–H and O–H groups in total. The minimum atomic E-state index is -0.479. The lowest BCUT2D eigenvalue weighted by Gasteiger charge is -2.24. The molecule has 0 radical (unpaired) electrons. The van der Waals surface area contributed by atoms with Crippen molar-refractivity contribution in [3.05, 3.63) is 35.4 Å². The van der Waals surface area contributed by atoms with E-state index in [2.05, 4.69) is 36.1 Å². The monoisotopic (exact) mass is 276 g/mol. The molecule has 0 saturated carbocycles. The Labute approximate surface area is 122 Å². The average molecular weight is 276 g/mol. The number of likely N-dealkylation sites (tertiary alicyclic amines) is 1. The summed E-state index contributed by atoms with van der Waals surface area (Å²) in [6, 6.07) is 8.49. The van der Waals surface area contributed by atoms with E-state index in [1.165, 1.54) is 11.1 Å². The van der Waals surface area contributed by atoms with Gasteiger partial charge in [-0.3, -0.25) is 0 Å². The van der Waals surface area contributed by atoms with Crippen LogP contribution in [-0.2, 0) is 0 Å². The molecule has 1 heterocycles. The predicted molar refractivity (Wildman–Crippen MR) is 83.6 cm³/mol. The second kappa shape index (κ2) is 6.70. The highest BCUT2D eigenvalue weighted by molar-refractivity contribution is 5.28. The van der Waals surface area contributed by atoms with Crippen LogP contribution in [-0.4, -0.2) is 35.2 Å². The van der Waals surface area contributed by atoms with Crippen LogP contribution in [0.5, 0.6) is 0 Å². The molecule has 2 unspecified atom stereocenters. The van der Waals surface area contributed by atoms with Crippen LogP contribution in [0, 0.1) is 6.92 Å². The Bertz CT molecular complexity index is 431. The summed E-state index contributed by atoms with van der Waals surface area (Å²) >= 11 is 0. The molecule has 0 aromatic heterocycles. The van der Waals surface area contributed by atoms with Gasteiger partial charge in [0.05, 0.1) is 5.60 Å². The molecule has 2 rings (SSSR count). The zero-order valence-electron chi connectivity index (χ0n) is 12.8. The summed E-state index contributed by atoms with van der Waals surface area (Å²) in [4.78, 5) is 2.44. The third-order valence-corrected chi connectivity index (χ3v) is 4.50. The van der Waals surface area contributed by atoms with Crippen molar-refractivity contribution in [3.8, 4) is 0 Å². The van der Waals surface area contributed by atoms with Crippen molar-refractivity contribution in [1.82, 2.24) is 4.90 Å². The van der Waals surface area contributed by atoms with E-state index in [4.69, 9.17) is 5.73 Å². The fourth-order valence-corrected chi connectivity index (χ4v) is 3.02. The van der Waals surface area contributed by atoms with Gasteiger partial charge in [0.1, 0.15) is 0 Å². The summed E-state index contributed by atoms with van der Waals surface area (Å²) in [7, 11) is 0. The van der Waals surface area contributed by atoms with E-state index < -0.39 is 5.60 Å². The van der Waals surface area contributed by atoms with Gasteiger partial charge >= 0.3 is 0 Å². The van der Waals surface area contributed by atoms with Crippen molar-refractivity contribution in [2.45, 2.75) is 51.2 Å². The molecule has 1 saturated heterocycles. The van der Waals surface area contributed by atoms with Gasteiger partial charge in [0, 0.05) is 12.6 Å². The number of aliphatic hydroxyl groups is 1. The fraction of sp³-hybridized carbons (Fsp3) is 0.647. The summed E-state index contributed by atoms with van der Waals surface area (Å²) in [6.45, 7) is 7.16. The Hall–Kier alpha value is -0.900. The van der Waals surface area contributed by atoms with Crippen LogP contribution in [0.4, 0.5) is 0 Å². The fourth-order valence-electron chi connectivity index (χ4n) is 3.02. The highest BCUT2D eigenvalue weighted by Gasteiger charge is 2.24.